The summed E-state index contributed by atoms with van der Waals surface area (Å²) in [5, 5.41) is 14.7. The lowest BCUT2D eigenvalue weighted by Gasteiger charge is -2.35. The van der Waals surface area contributed by atoms with Crippen LogP contribution in [0.25, 0.3) is 0 Å². The number of non-ortho nitro benzene ring substituents is 1. The van der Waals surface area contributed by atoms with Gasteiger partial charge in [0, 0.05) is 18.7 Å². The first-order valence-electron chi connectivity index (χ1n) is 10.7. The number of esters is 1. The molecule has 4 rings (SSSR count). The van der Waals surface area contributed by atoms with Gasteiger partial charge < -0.3 is 10.1 Å². The fourth-order valence-corrected chi connectivity index (χ4v) is 6.65. The predicted octanol–water partition coefficient (Wildman–Crippen LogP) is 3.66. The molecule has 1 atom stereocenters. The molecule has 1 aromatic heterocycles. The molecule has 1 aliphatic rings. The van der Waals surface area contributed by atoms with Crippen LogP contribution < -0.4 is 5.32 Å². The van der Waals surface area contributed by atoms with Crippen molar-refractivity contribution < 1.29 is 32.1 Å². The summed E-state index contributed by atoms with van der Waals surface area (Å²) in [4.78, 5) is 35.0. The van der Waals surface area contributed by atoms with E-state index in [9.17, 15) is 32.5 Å². The Morgan fingerprint density at radius 2 is 1.97 bits per heavy atom. The minimum Gasteiger partial charge on any atom is -0.456 e. The largest absolute Gasteiger partial charge is 0.456 e. The summed E-state index contributed by atoms with van der Waals surface area (Å²) in [5.74, 6) is -2.64. The van der Waals surface area contributed by atoms with Crippen molar-refractivity contribution in [3.05, 3.63) is 87.0 Å². The fourth-order valence-electron chi connectivity index (χ4n) is 3.93. The molecule has 0 fully saturated rings. The van der Waals surface area contributed by atoms with Crippen LogP contribution >= 0.6 is 11.3 Å². The Labute approximate surface area is 209 Å². The van der Waals surface area contributed by atoms with E-state index in [2.05, 4.69) is 5.32 Å². The number of rotatable bonds is 8. The number of hydrogen-bond acceptors (Lipinski definition) is 8. The average molecular weight is 534 g/mol. The minimum absolute atomic E-state index is 0.151. The number of hydrogen-bond donors (Lipinski definition) is 1. The minimum atomic E-state index is -3.88. The number of fused-ring (bicyclic) bond motifs is 1. The number of nitro benzene ring substituents is 1. The maximum absolute atomic E-state index is 13.9. The molecule has 2 aromatic carbocycles. The summed E-state index contributed by atoms with van der Waals surface area (Å²) < 4.78 is 46.9. The van der Waals surface area contributed by atoms with E-state index in [1.54, 1.807) is 23.6 Å². The summed E-state index contributed by atoms with van der Waals surface area (Å²) >= 11 is 1.07. The van der Waals surface area contributed by atoms with Crippen molar-refractivity contribution in [1.29, 1.82) is 0 Å². The van der Waals surface area contributed by atoms with E-state index in [0.29, 0.717) is 12.0 Å². The molecule has 36 heavy (non-hydrogen) atoms. The molecule has 10 nitrogen and oxygen atoms in total. The molecule has 2 heterocycles. The van der Waals surface area contributed by atoms with Crippen LogP contribution in [-0.2, 0) is 30.8 Å². The molecule has 1 N–H and O–H groups in total. The summed E-state index contributed by atoms with van der Waals surface area (Å²) in [6.07, 6.45) is 0.129. The zero-order valence-electron chi connectivity index (χ0n) is 18.6. The first kappa shape index (κ1) is 25.4. The molecule has 1 amide bonds. The number of carbonyl (C=O) groups is 2. The second-order valence-electron chi connectivity index (χ2n) is 7.85. The Bertz CT molecular complexity index is 1410. The quantitative estimate of drug-likeness (QED) is 0.265. The molecule has 0 bridgehead atoms. The highest BCUT2D eigenvalue weighted by atomic mass is 32.2. The molecule has 188 valence electrons. The fraction of sp³-hybridized carbons (Fsp3) is 0.217. The number of sulfonamides is 1. The van der Waals surface area contributed by atoms with Gasteiger partial charge in [-0.25, -0.2) is 12.8 Å². The molecule has 3 aromatic rings. The first-order valence-corrected chi connectivity index (χ1v) is 13.0. The Kier molecular flexibility index (Phi) is 7.43. The number of nitro groups is 1. The second-order valence-corrected chi connectivity index (χ2v) is 10.9. The normalized spacial score (nSPS) is 15.6. The lowest BCUT2D eigenvalue weighted by Crippen LogP contribution is -2.41. The van der Waals surface area contributed by atoms with Gasteiger partial charge in [0.1, 0.15) is 10.0 Å². The number of nitrogens with zero attached hydrogens (tertiary/aromatic N) is 2. The molecule has 0 saturated heterocycles. The van der Waals surface area contributed by atoms with Crippen LogP contribution in [0.3, 0.4) is 0 Å². The van der Waals surface area contributed by atoms with Crippen LogP contribution in [0.4, 0.5) is 15.8 Å². The van der Waals surface area contributed by atoms with E-state index >= 15 is 0 Å². The van der Waals surface area contributed by atoms with Crippen LogP contribution in [0, 0.1) is 15.9 Å². The predicted molar refractivity (Wildman–Crippen MR) is 128 cm³/mol. The highest BCUT2D eigenvalue weighted by molar-refractivity contribution is 7.91. The van der Waals surface area contributed by atoms with E-state index in [1.165, 1.54) is 10.4 Å². The summed E-state index contributed by atoms with van der Waals surface area (Å²) in [5.41, 5.74) is 0.724. The zero-order chi connectivity index (χ0) is 25.9. The number of nitrogens with one attached hydrogen (secondary N) is 1. The summed E-state index contributed by atoms with van der Waals surface area (Å²) in [6.45, 7) is -0.616. The van der Waals surface area contributed by atoms with Crippen LogP contribution in [0.15, 0.2) is 64.2 Å². The smallest absolute Gasteiger partial charge is 0.308 e. The zero-order valence-corrected chi connectivity index (χ0v) is 20.3. The molecule has 13 heteroatoms. The molecule has 1 unspecified atom stereocenters. The van der Waals surface area contributed by atoms with Gasteiger partial charge in [0.25, 0.3) is 21.6 Å². The molecular weight excluding hydrogens is 513 g/mol. The van der Waals surface area contributed by atoms with Crippen molar-refractivity contribution in [3.8, 4) is 0 Å². The van der Waals surface area contributed by atoms with Crippen LogP contribution in [0.5, 0.6) is 0 Å². The highest BCUT2D eigenvalue weighted by Gasteiger charge is 2.38. The number of carbonyl (C=O) groups excluding carboxylic acids is 2. The Morgan fingerprint density at radius 1 is 1.19 bits per heavy atom. The number of amides is 1. The maximum Gasteiger partial charge on any atom is 0.308 e. The van der Waals surface area contributed by atoms with Crippen molar-refractivity contribution in [2.24, 2.45) is 0 Å². The lowest BCUT2D eigenvalue weighted by atomic mass is 9.92. The Hall–Kier alpha value is -3.68. The monoisotopic (exact) mass is 533 g/mol. The van der Waals surface area contributed by atoms with E-state index in [1.807, 2.05) is 12.1 Å². The topological polar surface area (TPSA) is 136 Å². The van der Waals surface area contributed by atoms with Crippen LogP contribution in [0.2, 0.25) is 0 Å². The number of anilines is 1. The Balaban J connectivity index is 1.46. The number of halogens is 1. The van der Waals surface area contributed by atoms with Gasteiger partial charge in [-0.15, -0.1) is 11.3 Å². The van der Waals surface area contributed by atoms with Crippen molar-refractivity contribution in [2.75, 3.05) is 18.5 Å². The van der Waals surface area contributed by atoms with Gasteiger partial charge >= 0.3 is 5.97 Å². The van der Waals surface area contributed by atoms with Gasteiger partial charge in [0.2, 0.25) is 0 Å². The third kappa shape index (κ3) is 5.42. The molecule has 0 saturated carbocycles. The van der Waals surface area contributed by atoms with Crippen molar-refractivity contribution in [1.82, 2.24) is 4.31 Å². The highest BCUT2D eigenvalue weighted by Crippen LogP contribution is 2.37. The van der Waals surface area contributed by atoms with Gasteiger partial charge in [0.05, 0.1) is 23.1 Å². The Morgan fingerprint density at radius 3 is 2.69 bits per heavy atom. The van der Waals surface area contributed by atoms with Crippen LogP contribution in [0.1, 0.15) is 23.6 Å². The van der Waals surface area contributed by atoms with Gasteiger partial charge in [-0.3, -0.25) is 19.7 Å². The van der Waals surface area contributed by atoms with Gasteiger partial charge in [-0.2, -0.15) is 4.31 Å². The molecule has 1 aliphatic heterocycles. The van der Waals surface area contributed by atoms with Crippen LogP contribution in [-0.4, -0.2) is 42.7 Å². The maximum atomic E-state index is 13.9. The molecular formula is C23H20FN3O7S2. The molecule has 0 radical (unpaired) electrons. The second kappa shape index (κ2) is 10.5. The van der Waals surface area contributed by atoms with E-state index in [4.69, 9.17) is 4.74 Å². The summed E-state index contributed by atoms with van der Waals surface area (Å²) in [7, 11) is -3.88. The number of thiophene rings is 1. The average Bonchev–Trinajstić information content (AvgIpc) is 3.40. The summed E-state index contributed by atoms with van der Waals surface area (Å²) in [6, 6.07) is 12.1. The lowest BCUT2D eigenvalue weighted by molar-refractivity contribution is -0.384. The number of ether oxygens (including phenoxy) is 1. The van der Waals surface area contributed by atoms with Crippen molar-refractivity contribution >= 4 is 44.6 Å². The standard InChI is InChI=1S/C23H20FN3O7S2/c24-18-8-7-16(27(30)31)12-19(18)25-21(28)14-34-22(29)13-20-17-5-2-1-4-15(17)9-10-26(20)36(32,33)23-6-3-11-35-23/h1-8,11-12,20H,9-10,13-14H2,(H,25,28). The molecule has 0 spiro atoms. The van der Waals surface area contributed by atoms with Crippen molar-refractivity contribution in [2.45, 2.75) is 23.1 Å². The van der Waals surface area contributed by atoms with E-state index < -0.39 is 56.7 Å². The third-order valence-corrected chi connectivity index (χ3v) is 8.86. The van der Waals surface area contributed by atoms with E-state index in [0.717, 1.165) is 35.1 Å². The number of benzene rings is 2. The third-order valence-electron chi connectivity index (χ3n) is 5.58. The van der Waals surface area contributed by atoms with Gasteiger partial charge in [0.15, 0.2) is 6.61 Å². The SMILES string of the molecule is O=C(COC(=O)CC1c2ccccc2CCN1S(=O)(=O)c1cccs1)Nc1cc([N+](=O)[O-])ccc1F. The van der Waals surface area contributed by atoms with E-state index in [-0.39, 0.29) is 17.2 Å². The first-order chi connectivity index (χ1) is 17.2. The van der Waals surface area contributed by atoms with Gasteiger partial charge in [-0.1, -0.05) is 30.3 Å². The van der Waals surface area contributed by atoms with Crippen molar-refractivity contribution in [3.63, 3.8) is 0 Å². The van der Waals surface area contributed by atoms with Gasteiger partial charge in [-0.05, 0) is 35.1 Å². The molecule has 0 aliphatic carbocycles.